The zero-order valence-corrected chi connectivity index (χ0v) is 13.2. The molecule has 122 valence electrons. The van der Waals surface area contributed by atoms with Crippen molar-refractivity contribution in [2.75, 3.05) is 0 Å². The third-order valence-electron chi connectivity index (χ3n) is 5.03. The maximum absolute atomic E-state index is 12.5. The molecule has 0 spiro atoms. The minimum absolute atomic E-state index is 0.00369. The Morgan fingerprint density at radius 1 is 1.17 bits per heavy atom. The number of carboxylic acids is 1. The van der Waals surface area contributed by atoms with E-state index < -0.39 is 5.97 Å². The lowest BCUT2D eigenvalue weighted by atomic mass is 9.84. The van der Waals surface area contributed by atoms with Gasteiger partial charge in [-0.2, -0.15) is 0 Å². The van der Waals surface area contributed by atoms with E-state index in [2.05, 4.69) is 5.32 Å². The van der Waals surface area contributed by atoms with E-state index in [9.17, 15) is 14.7 Å². The summed E-state index contributed by atoms with van der Waals surface area (Å²) in [5.74, 6) is -0.425. The van der Waals surface area contributed by atoms with Crippen LogP contribution in [0.3, 0.4) is 0 Å². The lowest BCUT2D eigenvalue weighted by Crippen LogP contribution is -2.37. The number of ketones is 1. The van der Waals surface area contributed by atoms with E-state index in [-0.39, 0.29) is 23.8 Å². The summed E-state index contributed by atoms with van der Waals surface area (Å²) < 4.78 is 0. The van der Waals surface area contributed by atoms with Crippen LogP contribution >= 0.6 is 0 Å². The van der Waals surface area contributed by atoms with Gasteiger partial charge in [-0.05, 0) is 36.8 Å². The van der Waals surface area contributed by atoms with Crippen molar-refractivity contribution < 1.29 is 14.7 Å². The second-order valence-electron chi connectivity index (χ2n) is 6.63. The summed E-state index contributed by atoms with van der Waals surface area (Å²) in [6.07, 6.45) is 7.25. The molecule has 1 aromatic carbocycles. The summed E-state index contributed by atoms with van der Waals surface area (Å²) in [5, 5.41) is 12.8. The summed E-state index contributed by atoms with van der Waals surface area (Å²) in [6, 6.07) is 9.55. The molecule has 0 bridgehead atoms. The average Bonchev–Trinajstić information content (AvgIpc) is 2.99. The molecule has 0 amide bonds. The molecule has 23 heavy (non-hydrogen) atoms. The Hall–Kier alpha value is -1.94. The highest BCUT2D eigenvalue weighted by atomic mass is 16.4. The summed E-state index contributed by atoms with van der Waals surface area (Å²) in [4.78, 5) is 24.0. The van der Waals surface area contributed by atoms with Crippen LogP contribution in [0.4, 0.5) is 0 Å². The van der Waals surface area contributed by atoms with E-state index in [1.54, 1.807) is 6.08 Å². The number of fused-ring (bicyclic) bond motifs is 1. The van der Waals surface area contributed by atoms with Crippen molar-refractivity contribution in [3.05, 3.63) is 41.5 Å². The molecule has 1 aliphatic carbocycles. The minimum atomic E-state index is -1.02. The van der Waals surface area contributed by atoms with Crippen LogP contribution < -0.4 is 5.32 Å². The molecule has 1 aliphatic heterocycles. The average molecular weight is 313 g/mol. The zero-order chi connectivity index (χ0) is 16.2. The molecule has 2 fully saturated rings. The van der Waals surface area contributed by atoms with E-state index in [0.29, 0.717) is 12.0 Å². The van der Waals surface area contributed by atoms with Crippen molar-refractivity contribution >= 4 is 17.8 Å². The maximum Gasteiger partial charge on any atom is 0.332 e. The Morgan fingerprint density at radius 3 is 2.61 bits per heavy atom. The first-order chi connectivity index (χ1) is 11.1. The topological polar surface area (TPSA) is 66.4 Å². The van der Waals surface area contributed by atoms with Gasteiger partial charge in [0.05, 0.1) is 6.04 Å². The van der Waals surface area contributed by atoms with Gasteiger partial charge < -0.3 is 10.4 Å². The van der Waals surface area contributed by atoms with Gasteiger partial charge in [0.15, 0.2) is 5.78 Å². The largest absolute Gasteiger partial charge is 0.478 e. The van der Waals surface area contributed by atoms with Crippen LogP contribution in [0, 0.1) is 5.92 Å². The van der Waals surface area contributed by atoms with E-state index in [4.69, 9.17) is 0 Å². The van der Waals surface area contributed by atoms with Crippen LogP contribution in [0.25, 0.3) is 6.08 Å². The molecule has 1 heterocycles. The Morgan fingerprint density at radius 2 is 1.91 bits per heavy atom. The van der Waals surface area contributed by atoms with Gasteiger partial charge >= 0.3 is 5.97 Å². The number of nitrogens with one attached hydrogen (secondary N) is 1. The van der Waals surface area contributed by atoms with Crippen molar-refractivity contribution in [3.63, 3.8) is 0 Å². The molecule has 1 saturated heterocycles. The Bertz CT molecular complexity index is 594. The molecule has 0 aromatic heterocycles. The number of Topliss-reactive ketones (excluding diaryl/α,β-unsaturated/α-hetero) is 1. The first kappa shape index (κ1) is 15.9. The molecule has 1 unspecified atom stereocenters. The van der Waals surface area contributed by atoms with Crippen molar-refractivity contribution in [2.45, 2.75) is 50.6 Å². The second-order valence-corrected chi connectivity index (χ2v) is 6.63. The van der Waals surface area contributed by atoms with Gasteiger partial charge in [0.25, 0.3) is 0 Å². The molecular formula is C19H23NO3. The van der Waals surface area contributed by atoms with Crippen LogP contribution in [0.5, 0.6) is 0 Å². The summed E-state index contributed by atoms with van der Waals surface area (Å²) in [5.41, 5.74) is 0.976. The van der Waals surface area contributed by atoms with Crippen LogP contribution in [-0.2, 0) is 9.59 Å². The molecule has 0 radical (unpaired) electrons. The van der Waals surface area contributed by atoms with E-state index in [1.165, 1.54) is 19.3 Å². The number of carbonyl (C=O) groups is 2. The van der Waals surface area contributed by atoms with Crippen molar-refractivity contribution in [3.8, 4) is 0 Å². The summed E-state index contributed by atoms with van der Waals surface area (Å²) in [7, 11) is 0. The highest BCUT2D eigenvalue weighted by Crippen LogP contribution is 2.34. The van der Waals surface area contributed by atoms with Gasteiger partial charge in [-0.15, -0.1) is 0 Å². The molecule has 3 atom stereocenters. The smallest absolute Gasteiger partial charge is 0.332 e. The second kappa shape index (κ2) is 7.09. The fourth-order valence-electron chi connectivity index (χ4n) is 3.81. The minimum Gasteiger partial charge on any atom is -0.478 e. The predicted octanol–water partition coefficient (Wildman–Crippen LogP) is 3.03. The molecule has 1 saturated carbocycles. The third-order valence-corrected chi connectivity index (χ3v) is 5.03. The monoisotopic (exact) mass is 313 g/mol. The Kier molecular flexibility index (Phi) is 4.91. The first-order valence-electron chi connectivity index (χ1n) is 8.41. The maximum atomic E-state index is 12.5. The van der Waals surface area contributed by atoms with E-state index in [0.717, 1.165) is 18.4 Å². The van der Waals surface area contributed by atoms with Crippen LogP contribution in [0.15, 0.2) is 35.9 Å². The highest BCUT2D eigenvalue weighted by molar-refractivity contribution is 6.00. The number of hydrogen-bond donors (Lipinski definition) is 2. The zero-order valence-electron chi connectivity index (χ0n) is 13.2. The highest BCUT2D eigenvalue weighted by Gasteiger charge is 2.38. The number of benzene rings is 1. The number of carboxylic acid groups (broad SMARTS) is 1. The molecule has 1 aromatic rings. The molecule has 3 rings (SSSR count). The van der Waals surface area contributed by atoms with E-state index in [1.807, 2.05) is 30.3 Å². The Labute approximate surface area is 136 Å². The lowest BCUT2D eigenvalue weighted by molar-refractivity contribution is -0.134. The fourth-order valence-corrected chi connectivity index (χ4v) is 3.81. The van der Waals surface area contributed by atoms with Crippen LogP contribution in [0.1, 0.15) is 44.1 Å². The van der Waals surface area contributed by atoms with Gasteiger partial charge in [-0.25, -0.2) is 4.79 Å². The molecular weight excluding hydrogens is 290 g/mol. The van der Waals surface area contributed by atoms with Crippen LogP contribution in [-0.4, -0.2) is 28.9 Å². The number of rotatable bonds is 5. The summed E-state index contributed by atoms with van der Waals surface area (Å²) in [6.45, 7) is 0. The number of carbonyl (C=O) groups excluding carboxylic acids is 1. The van der Waals surface area contributed by atoms with Gasteiger partial charge in [0.2, 0.25) is 0 Å². The van der Waals surface area contributed by atoms with Crippen LogP contribution in [0.2, 0.25) is 0 Å². The third kappa shape index (κ3) is 3.88. The van der Waals surface area contributed by atoms with Gasteiger partial charge in [-0.1, -0.05) is 43.2 Å². The molecule has 4 heteroatoms. The molecule has 2 N–H and O–H groups in total. The molecule has 4 nitrogen and oxygen atoms in total. The normalized spacial score (nSPS) is 27.5. The first-order valence-corrected chi connectivity index (χ1v) is 8.41. The summed E-state index contributed by atoms with van der Waals surface area (Å²) >= 11 is 0. The standard InChI is InChI=1S/C19H23NO3/c21-18(17-11-14-8-4-5-9-16(14)20-17)12-15(19(22)23)10-13-6-2-1-3-7-13/h1-3,6-7,10,14,16-17,20H,4-5,8-9,11-12H2,(H,22,23)/t14-,16?,17-/m0/s1. The number of aliphatic carboxylic acids is 1. The van der Waals surface area contributed by atoms with Gasteiger partial charge in [0.1, 0.15) is 0 Å². The quantitative estimate of drug-likeness (QED) is 0.820. The van der Waals surface area contributed by atoms with Crippen molar-refractivity contribution in [2.24, 2.45) is 5.92 Å². The Balaban J connectivity index is 1.67. The van der Waals surface area contributed by atoms with Gasteiger partial charge in [-0.3, -0.25) is 4.79 Å². The van der Waals surface area contributed by atoms with Crippen molar-refractivity contribution in [1.82, 2.24) is 5.32 Å². The molecule has 2 aliphatic rings. The predicted molar refractivity (Wildman–Crippen MR) is 89.0 cm³/mol. The number of hydrogen-bond acceptors (Lipinski definition) is 3. The van der Waals surface area contributed by atoms with Crippen molar-refractivity contribution in [1.29, 1.82) is 0 Å². The lowest BCUT2D eigenvalue weighted by Gasteiger charge is -2.24. The SMILES string of the molecule is O=C(O)C(=Cc1ccccc1)CC(=O)[C@@H]1C[C@@H]2CCCCC2N1. The fraction of sp³-hybridized carbons (Fsp3) is 0.474. The van der Waals surface area contributed by atoms with E-state index >= 15 is 0 Å². The van der Waals surface area contributed by atoms with Gasteiger partial charge in [0, 0.05) is 18.0 Å².